The van der Waals surface area contributed by atoms with Crippen LogP contribution in [0.2, 0.25) is 0 Å². The van der Waals surface area contributed by atoms with Crippen molar-refractivity contribution in [1.82, 2.24) is 5.32 Å². The zero-order valence-electron chi connectivity index (χ0n) is 10.5. The Morgan fingerprint density at radius 2 is 1.94 bits per heavy atom. The van der Waals surface area contributed by atoms with E-state index in [1.54, 1.807) is 44.2 Å². The Labute approximate surface area is 106 Å². The molecule has 4 N–H and O–H groups in total. The molecule has 0 heterocycles. The molecule has 0 bridgehead atoms. The van der Waals surface area contributed by atoms with Gasteiger partial charge in [0.05, 0.1) is 5.54 Å². The first-order valence-corrected chi connectivity index (χ1v) is 5.76. The Morgan fingerprint density at radius 1 is 1.39 bits per heavy atom. The molecule has 0 aliphatic heterocycles. The van der Waals surface area contributed by atoms with Crippen molar-refractivity contribution in [1.29, 1.82) is 0 Å². The summed E-state index contributed by atoms with van der Waals surface area (Å²) in [5, 5.41) is 11.6. The van der Waals surface area contributed by atoms with Gasteiger partial charge in [0.2, 0.25) is 5.91 Å². The van der Waals surface area contributed by atoms with Crippen molar-refractivity contribution in [3.8, 4) is 0 Å². The number of carboxylic acids is 1. The highest BCUT2D eigenvalue weighted by Gasteiger charge is 2.30. The van der Waals surface area contributed by atoms with E-state index >= 15 is 0 Å². The van der Waals surface area contributed by atoms with Crippen LogP contribution in [-0.2, 0) is 9.59 Å². The first-order chi connectivity index (χ1) is 8.38. The Bertz CT molecular complexity index is 429. The van der Waals surface area contributed by atoms with Gasteiger partial charge in [0.15, 0.2) is 6.04 Å². The van der Waals surface area contributed by atoms with Crippen LogP contribution in [0.1, 0.15) is 31.9 Å². The third kappa shape index (κ3) is 3.30. The molecule has 0 aliphatic carbocycles. The lowest BCUT2D eigenvalue weighted by atomic mass is 9.98. The molecule has 98 valence electrons. The second-order valence-corrected chi connectivity index (χ2v) is 4.43. The van der Waals surface area contributed by atoms with E-state index in [9.17, 15) is 9.59 Å². The van der Waals surface area contributed by atoms with Crippen molar-refractivity contribution < 1.29 is 14.7 Å². The van der Waals surface area contributed by atoms with Crippen molar-refractivity contribution in [3.05, 3.63) is 35.9 Å². The predicted molar refractivity (Wildman–Crippen MR) is 67.8 cm³/mol. The molecule has 18 heavy (non-hydrogen) atoms. The van der Waals surface area contributed by atoms with Crippen molar-refractivity contribution >= 4 is 11.9 Å². The van der Waals surface area contributed by atoms with Gasteiger partial charge >= 0.3 is 5.97 Å². The molecule has 0 radical (unpaired) electrons. The first-order valence-electron chi connectivity index (χ1n) is 5.76. The fraction of sp³-hybridized carbons (Fsp3) is 0.385. The molecular weight excluding hydrogens is 232 g/mol. The SMILES string of the molecule is CCC(C)(N)C(=O)NC(C(=O)O)c1ccccc1. The molecule has 2 atom stereocenters. The summed E-state index contributed by atoms with van der Waals surface area (Å²) < 4.78 is 0. The minimum Gasteiger partial charge on any atom is -0.479 e. The number of benzene rings is 1. The van der Waals surface area contributed by atoms with Crippen LogP contribution in [0.25, 0.3) is 0 Å². The monoisotopic (exact) mass is 250 g/mol. The van der Waals surface area contributed by atoms with Gasteiger partial charge in [0, 0.05) is 0 Å². The maximum Gasteiger partial charge on any atom is 0.330 e. The van der Waals surface area contributed by atoms with Crippen LogP contribution >= 0.6 is 0 Å². The number of carbonyl (C=O) groups is 2. The van der Waals surface area contributed by atoms with Gasteiger partial charge in [-0.1, -0.05) is 37.3 Å². The Kier molecular flexibility index (Phi) is 4.44. The lowest BCUT2D eigenvalue weighted by Crippen LogP contribution is -2.52. The third-order valence-electron chi connectivity index (χ3n) is 2.91. The molecule has 5 heteroatoms. The number of rotatable bonds is 5. The Morgan fingerprint density at radius 3 is 2.39 bits per heavy atom. The van der Waals surface area contributed by atoms with Crippen molar-refractivity contribution in [2.75, 3.05) is 0 Å². The maximum atomic E-state index is 11.9. The lowest BCUT2D eigenvalue weighted by Gasteiger charge is -2.24. The van der Waals surface area contributed by atoms with Gasteiger partial charge in [-0.2, -0.15) is 0 Å². The van der Waals surface area contributed by atoms with Crippen LogP contribution in [0.3, 0.4) is 0 Å². The van der Waals surface area contributed by atoms with Gasteiger partial charge in [-0.05, 0) is 18.9 Å². The van der Waals surface area contributed by atoms with Gasteiger partial charge in [-0.15, -0.1) is 0 Å². The van der Waals surface area contributed by atoms with E-state index in [0.717, 1.165) is 0 Å². The van der Waals surface area contributed by atoms with E-state index in [2.05, 4.69) is 5.32 Å². The molecule has 0 aliphatic rings. The molecule has 0 aromatic heterocycles. The molecular formula is C13H18N2O3. The quantitative estimate of drug-likeness (QED) is 0.728. The molecule has 5 nitrogen and oxygen atoms in total. The van der Waals surface area contributed by atoms with Gasteiger partial charge in [-0.3, -0.25) is 4.79 Å². The zero-order valence-corrected chi connectivity index (χ0v) is 10.5. The molecule has 1 aromatic rings. The lowest BCUT2D eigenvalue weighted by molar-refractivity contribution is -0.142. The van der Waals surface area contributed by atoms with E-state index in [4.69, 9.17) is 10.8 Å². The normalized spacial score (nSPS) is 15.5. The van der Waals surface area contributed by atoms with E-state index in [0.29, 0.717) is 12.0 Å². The van der Waals surface area contributed by atoms with Crippen LogP contribution < -0.4 is 11.1 Å². The van der Waals surface area contributed by atoms with Crippen LogP contribution in [0.15, 0.2) is 30.3 Å². The topological polar surface area (TPSA) is 92.4 Å². The summed E-state index contributed by atoms with van der Waals surface area (Å²) in [7, 11) is 0. The maximum absolute atomic E-state index is 11.9. The minimum absolute atomic E-state index is 0.431. The van der Waals surface area contributed by atoms with Crippen LogP contribution in [0, 0.1) is 0 Å². The summed E-state index contributed by atoms with van der Waals surface area (Å²) in [5.41, 5.74) is 5.23. The van der Waals surface area contributed by atoms with Gasteiger partial charge in [-0.25, -0.2) is 4.79 Å². The largest absolute Gasteiger partial charge is 0.479 e. The number of hydrogen-bond donors (Lipinski definition) is 3. The number of amides is 1. The molecule has 1 aromatic carbocycles. The van der Waals surface area contributed by atoms with Gasteiger partial charge in [0.25, 0.3) is 0 Å². The summed E-state index contributed by atoms with van der Waals surface area (Å²) in [6.07, 6.45) is 0.431. The minimum atomic E-state index is -1.11. The average molecular weight is 250 g/mol. The molecule has 2 unspecified atom stereocenters. The summed E-state index contributed by atoms with van der Waals surface area (Å²) >= 11 is 0. The van der Waals surface area contributed by atoms with E-state index in [1.807, 2.05) is 0 Å². The standard InChI is InChI=1S/C13H18N2O3/c1-3-13(2,14)12(18)15-10(11(16)17)9-7-5-4-6-8-9/h4-8,10H,3,14H2,1-2H3,(H,15,18)(H,16,17). The van der Waals surface area contributed by atoms with Crippen molar-refractivity contribution in [2.45, 2.75) is 31.8 Å². The molecule has 0 saturated carbocycles. The first kappa shape index (κ1) is 14.2. The molecule has 1 amide bonds. The summed E-state index contributed by atoms with van der Waals surface area (Å²) in [6.45, 7) is 3.35. The molecule has 0 spiro atoms. The molecule has 0 saturated heterocycles. The highest BCUT2D eigenvalue weighted by atomic mass is 16.4. The van der Waals surface area contributed by atoms with E-state index in [-0.39, 0.29) is 0 Å². The number of aliphatic carboxylic acids is 1. The second kappa shape index (κ2) is 5.64. The fourth-order valence-electron chi connectivity index (χ4n) is 1.39. The van der Waals surface area contributed by atoms with Crippen LogP contribution in [0.4, 0.5) is 0 Å². The summed E-state index contributed by atoms with van der Waals surface area (Å²) in [4.78, 5) is 23.1. The highest BCUT2D eigenvalue weighted by molar-refractivity contribution is 5.90. The Balaban J connectivity index is 2.90. The molecule has 0 fully saturated rings. The van der Waals surface area contributed by atoms with Gasteiger partial charge < -0.3 is 16.2 Å². The number of carbonyl (C=O) groups excluding carboxylic acids is 1. The second-order valence-electron chi connectivity index (χ2n) is 4.43. The molecule has 1 rings (SSSR count). The highest BCUT2D eigenvalue weighted by Crippen LogP contribution is 2.15. The predicted octanol–water partition coefficient (Wildman–Crippen LogP) is 1.06. The summed E-state index contributed by atoms with van der Waals surface area (Å²) in [6, 6.07) is 7.45. The van der Waals surface area contributed by atoms with Crippen molar-refractivity contribution in [2.24, 2.45) is 5.73 Å². The average Bonchev–Trinajstić information content (AvgIpc) is 2.36. The fourth-order valence-corrected chi connectivity index (χ4v) is 1.39. The van der Waals surface area contributed by atoms with E-state index < -0.39 is 23.5 Å². The third-order valence-corrected chi connectivity index (χ3v) is 2.91. The smallest absolute Gasteiger partial charge is 0.330 e. The van der Waals surface area contributed by atoms with E-state index in [1.165, 1.54) is 0 Å². The Hall–Kier alpha value is -1.88. The number of hydrogen-bond acceptors (Lipinski definition) is 3. The van der Waals surface area contributed by atoms with Gasteiger partial charge in [0.1, 0.15) is 0 Å². The number of nitrogens with two attached hydrogens (primary N) is 1. The zero-order chi connectivity index (χ0) is 13.8. The number of nitrogens with one attached hydrogen (secondary N) is 1. The van der Waals surface area contributed by atoms with Crippen LogP contribution in [-0.4, -0.2) is 22.5 Å². The summed E-state index contributed by atoms with van der Waals surface area (Å²) in [5.74, 6) is -1.58. The van der Waals surface area contributed by atoms with Crippen molar-refractivity contribution in [3.63, 3.8) is 0 Å². The van der Waals surface area contributed by atoms with Crippen LogP contribution in [0.5, 0.6) is 0 Å². The number of carboxylic acid groups (broad SMARTS) is 1.